The van der Waals surface area contributed by atoms with Crippen LogP contribution in [0.15, 0.2) is 54.6 Å². The molecular formula is C17H17FN2O2. The van der Waals surface area contributed by atoms with E-state index in [2.05, 4.69) is 10.6 Å². The van der Waals surface area contributed by atoms with Crippen LogP contribution < -0.4 is 10.6 Å². The molecule has 0 saturated carbocycles. The largest absolute Gasteiger partial charge is 0.355 e. The molecule has 2 aromatic rings. The molecule has 0 spiro atoms. The van der Waals surface area contributed by atoms with Crippen LogP contribution in [0.25, 0.3) is 0 Å². The van der Waals surface area contributed by atoms with E-state index >= 15 is 0 Å². The number of hydrogen-bond acceptors (Lipinski definition) is 2. The summed E-state index contributed by atoms with van der Waals surface area (Å²) in [5.74, 6) is -0.815. The molecule has 0 bridgehead atoms. The summed E-state index contributed by atoms with van der Waals surface area (Å²) >= 11 is 0. The van der Waals surface area contributed by atoms with Crippen molar-refractivity contribution in [2.24, 2.45) is 0 Å². The Kier molecular flexibility index (Phi) is 5.65. The first kappa shape index (κ1) is 15.7. The van der Waals surface area contributed by atoms with E-state index < -0.39 is 5.82 Å². The van der Waals surface area contributed by atoms with Crippen molar-refractivity contribution < 1.29 is 14.0 Å². The topological polar surface area (TPSA) is 58.2 Å². The van der Waals surface area contributed by atoms with Gasteiger partial charge in [0.15, 0.2) is 0 Å². The minimum absolute atomic E-state index is 0.134. The van der Waals surface area contributed by atoms with Crippen molar-refractivity contribution in [3.63, 3.8) is 0 Å². The van der Waals surface area contributed by atoms with E-state index in [0.717, 1.165) is 5.56 Å². The fourth-order valence-electron chi connectivity index (χ4n) is 1.95. The van der Waals surface area contributed by atoms with E-state index in [1.54, 1.807) is 6.07 Å². The fraction of sp³-hybridized carbons (Fsp3) is 0.176. The van der Waals surface area contributed by atoms with Gasteiger partial charge in [0.05, 0.1) is 6.42 Å². The van der Waals surface area contributed by atoms with Gasteiger partial charge in [0.2, 0.25) is 11.8 Å². The summed E-state index contributed by atoms with van der Waals surface area (Å²) in [5.41, 5.74) is 1.32. The number of rotatable bonds is 6. The van der Waals surface area contributed by atoms with Gasteiger partial charge in [-0.15, -0.1) is 0 Å². The number of anilines is 1. The van der Waals surface area contributed by atoms with E-state index in [1.165, 1.54) is 18.2 Å². The molecule has 0 fully saturated rings. The maximum atomic E-state index is 13.0. The van der Waals surface area contributed by atoms with Crippen molar-refractivity contribution >= 4 is 17.5 Å². The van der Waals surface area contributed by atoms with Gasteiger partial charge < -0.3 is 10.6 Å². The molecule has 114 valence electrons. The average molecular weight is 300 g/mol. The lowest BCUT2D eigenvalue weighted by atomic mass is 10.1. The highest BCUT2D eigenvalue weighted by atomic mass is 19.1. The summed E-state index contributed by atoms with van der Waals surface area (Å²) in [6.07, 6.45) is 0.420. The van der Waals surface area contributed by atoms with Gasteiger partial charge in [-0.25, -0.2) is 4.39 Å². The summed E-state index contributed by atoms with van der Waals surface area (Å²) in [7, 11) is 0. The highest BCUT2D eigenvalue weighted by Gasteiger charge is 2.06. The highest BCUT2D eigenvalue weighted by Crippen LogP contribution is 2.09. The first-order valence-corrected chi connectivity index (χ1v) is 6.99. The molecule has 0 radical (unpaired) electrons. The Morgan fingerprint density at radius 2 is 1.73 bits per heavy atom. The number of nitrogens with one attached hydrogen (secondary N) is 2. The van der Waals surface area contributed by atoms with Crippen molar-refractivity contribution in [3.05, 3.63) is 66.0 Å². The molecule has 2 N–H and O–H groups in total. The lowest BCUT2D eigenvalue weighted by Crippen LogP contribution is -2.28. The lowest BCUT2D eigenvalue weighted by molar-refractivity contribution is -0.120. The summed E-state index contributed by atoms with van der Waals surface area (Å²) < 4.78 is 13.0. The van der Waals surface area contributed by atoms with Gasteiger partial charge in [-0.1, -0.05) is 36.4 Å². The van der Waals surface area contributed by atoms with E-state index in [4.69, 9.17) is 0 Å². The summed E-state index contributed by atoms with van der Waals surface area (Å²) in [6, 6.07) is 15.0. The van der Waals surface area contributed by atoms with E-state index in [9.17, 15) is 14.0 Å². The zero-order valence-corrected chi connectivity index (χ0v) is 12.0. The lowest BCUT2D eigenvalue weighted by Gasteiger charge is -2.07. The second-order valence-electron chi connectivity index (χ2n) is 4.82. The molecule has 2 rings (SSSR count). The molecule has 0 unspecified atom stereocenters. The predicted octanol–water partition coefficient (Wildman–Crippen LogP) is 2.51. The number of halogens is 1. The van der Waals surface area contributed by atoms with Crippen LogP contribution in [0.5, 0.6) is 0 Å². The molecule has 0 atom stereocenters. The molecule has 0 aromatic heterocycles. The first-order valence-electron chi connectivity index (χ1n) is 6.99. The Bertz CT molecular complexity index is 644. The fourth-order valence-corrected chi connectivity index (χ4v) is 1.95. The average Bonchev–Trinajstić information content (AvgIpc) is 2.48. The van der Waals surface area contributed by atoms with E-state index in [0.29, 0.717) is 5.69 Å². The smallest absolute Gasteiger partial charge is 0.226 e. The summed E-state index contributed by atoms with van der Waals surface area (Å²) in [4.78, 5) is 23.4. The minimum Gasteiger partial charge on any atom is -0.355 e. The van der Waals surface area contributed by atoms with E-state index in [1.807, 2.05) is 30.3 Å². The Labute approximate surface area is 128 Å². The Hall–Kier alpha value is -2.69. The van der Waals surface area contributed by atoms with Crippen molar-refractivity contribution in [2.45, 2.75) is 12.8 Å². The monoisotopic (exact) mass is 300 g/mol. The van der Waals surface area contributed by atoms with Crippen molar-refractivity contribution in [2.75, 3.05) is 11.9 Å². The molecule has 2 aromatic carbocycles. The molecule has 0 aliphatic rings. The van der Waals surface area contributed by atoms with Crippen LogP contribution in [0, 0.1) is 5.82 Å². The van der Waals surface area contributed by atoms with Gasteiger partial charge in [-0.2, -0.15) is 0 Å². The molecule has 22 heavy (non-hydrogen) atoms. The van der Waals surface area contributed by atoms with Gasteiger partial charge in [-0.3, -0.25) is 9.59 Å². The van der Waals surface area contributed by atoms with E-state index in [-0.39, 0.29) is 31.2 Å². The Balaban J connectivity index is 1.69. The van der Waals surface area contributed by atoms with Crippen molar-refractivity contribution in [1.82, 2.24) is 5.32 Å². The van der Waals surface area contributed by atoms with Crippen LogP contribution in [-0.2, 0) is 16.0 Å². The molecule has 0 saturated heterocycles. The van der Waals surface area contributed by atoms with Gasteiger partial charge in [0.25, 0.3) is 0 Å². The molecule has 0 aliphatic heterocycles. The van der Waals surface area contributed by atoms with Crippen LogP contribution in [0.2, 0.25) is 0 Å². The van der Waals surface area contributed by atoms with Crippen LogP contribution in [0.3, 0.4) is 0 Å². The Morgan fingerprint density at radius 1 is 0.955 bits per heavy atom. The Morgan fingerprint density at radius 3 is 2.45 bits per heavy atom. The molecule has 2 amide bonds. The van der Waals surface area contributed by atoms with Gasteiger partial charge in [0, 0.05) is 18.7 Å². The zero-order chi connectivity index (χ0) is 15.8. The third kappa shape index (κ3) is 5.36. The number of hydrogen-bond donors (Lipinski definition) is 2. The third-order valence-electron chi connectivity index (χ3n) is 2.99. The number of amides is 2. The second-order valence-corrected chi connectivity index (χ2v) is 4.82. The molecule has 0 heterocycles. The standard InChI is InChI=1S/C17H17FN2O2/c18-14-7-4-8-15(12-14)20-16(21)9-10-19-17(22)11-13-5-2-1-3-6-13/h1-8,12H,9-11H2,(H,19,22)(H,20,21). The van der Waals surface area contributed by atoms with Crippen LogP contribution in [0.1, 0.15) is 12.0 Å². The van der Waals surface area contributed by atoms with Gasteiger partial charge in [0.1, 0.15) is 5.82 Å². The van der Waals surface area contributed by atoms with Gasteiger partial charge in [-0.05, 0) is 23.8 Å². The van der Waals surface area contributed by atoms with Crippen molar-refractivity contribution in [1.29, 1.82) is 0 Å². The SMILES string of the molecule is O=C(Cc1ccccc1)NCCC(=O)Nc1cccc(F)c1. The number of carbonyl (C=O) groups excluding carboxylic acids is 2. The molecule has 5 heteroatoms. The normalized spacial score (nSPS) is 10.0. The first-order chi connectivity index (χ1) is 10.6. The maximum Gasteiger partial charge on any atom is 0.226 e. The summed E-state index contributed by atoms with van der Waals surface area (Å²) in [6.45, 7) is 0.243. The quantitative estimate of drug-likeness (QED) is 0.861. The molecular weight excluding hydrogens is 283 g/mol. The minimum atomic E-state index is -0.408. The predicted molar refractivity (Wildman–Crippen MR) is 82.8 cm³/mol. The highest BCUT2D eigenvalue weighted by molar-refractivity contribution is 5.91. The van der Waals surface area contributed by atoms with Crippen LogP contribution >= 0.6 is 0 Å². The van der Waals surface area contributed by atoms with Gasteiger partial charge >= 0.3 is 0 Å². The molecule has 0 aliphatic carbocycles. The third-order valence-corrected chi connectivity index (χ3v) is 2.99. The number of carbonyl (C=O) groups is 2. The number of benzene rings is 2. The van der Waals surface area contributed by atoms with Crippen LogP contribution in [0.4, 0.5) is 10.1 Å². The van der Waals surface area contributed by atoms with Crippen LogP contribution in [-0.4, -0.2) is 18.4 Å². The summed E-state index contributed by atoms with van der Waals surface area (Å²) in [5, 5.41) is 5.26. The maximum absolute atomic E-state index is 13.0. The van der Waals surface area contributed by atoms with Crippen molar-refractivity contribution in [3.8, 4) is 0 Å². The zero-order valence-electron chi connectivity index (χ0n) is 12.0. The molecule has 4 nitrogen and oxygen atoms in total. The second kappa shape index (κ2) is 7.93.